The lowest BCUT2D eigenvalue weighted by Gasteiger charge is -2.33. The van der Waals surface area contributed by atoms with Gasteiger partial charge in [-0.25, -0.2) is 0 Å². The van der Waals surface area contributed by atoms with E-state index in [9.17, 15) is 9.59 Å². The normalized spacial score (nSPS) is 17.6. The number of nitrogens with one attached hydrogen (secondary N) is 1. The summed E-state index contributed by atoms with van der Waals surface area (Å²) in [6.07, 6.45) is 0.895. The van der Waals surface area contributed by atoms with E-state index in [0.29, 0.717) is 17.2 Å². The predicted molar refractivity (Wildman–Crippen MR) is 92.0 cm³/mol. The largest absolute Gasteiger partial charge is 0.479 e. The number of carbonyl (C=O) groups excluding carboxylic acids is 2. The minimum absolute atomic E-state index is 0.0946. The molecule has 0 saturated carbocycles. The zero-order chi connectivity index (χ0) is 18.0. The van der Waals surface area contributed by atoms with Gasteiger partial charge in [0, 0.05) is 6.04 Å². The van der Waals surface area contributed by atoms with Crippen molar-refractivity contribution in [1.82, 2.24) is 5.32 Å². The summed E-state index contributed by atoms with van der Waals surface area (Å²) in [4.78, 5) is 26.2. The molecular formula is C18H21N3O4. The number of rotatable bonds is 5. The molecule has 2 aromatic rings. The van der Waals surface area contributed by atoms with Gasteiger partial charge < -0.3 is 20.2 Å². The number of hydrogen-bond donors (Lipinski definition) is 2. The van der Waals surface area contributed by atoms with Gasteiger partial charge in [-0.1, -0.05) is 6.07 Å². The van der Waals surface area contributed by atoms with Gasteiger partial charge in [0.05, 0.1) is 18.5 Å². The molecule has 1 aromatic carbocycles. The molecule has 132 valence electrons. The summed E-state index contributed by atoms with van der Waals surface area (Å²) >= 11 is 0. The van der Waals surface area contributed by atoms with Crippen LogP contribution in [0.5, 0.6) is 5.75 Å². The van der Waals surface area contributed by atoms with E-state index in [1.807, 2.05) is 13.0 Å². The van der Waals surface area contributed by atoms with Crippen molar-refractivity contribution in [3.8, 4) is 5.75 Å². The molecule has 2 heterocycles. The van der Waals surface area contributed by atoms with Crippen LogP contribution in [0.1, 0.15) is 31.2 Å². The number of carbonyl (C=O) groups is 2. The van der Waals surface area contributed by atoms with Crippen LogP contribution in [-0.2, 0) is 16.1 Å². The van der Waals surface area contributed by atoms with E-state index >= 15 is 0 Å². The molecule has 1 aliphatic rings. The fourth-order valence-electron chi connectivity index (χ4n) is 2.67. The Balaban J connectivity index is 1.78. The lowest BCUT2D eigenvalue weighted by Crippen LogP contribution is -2.48. The van der Waals surface area contributed by atoms with Gasteiger partial charge in [0.2, 0.25) is 5.91 Å². The van der Waals surface area contributed by atoms with E-state index in [4.69, 9.17) is 14.9 Å². The zero-order valence-corrected chi connectivity index (χ0v) is 14.2. The van der Waals surface area contributed by atoms with Crippen LogP contribution in [0.4, 0.5) is 5.69 Å². The summed E-state index contributed by atoms with van der Waals surface area (Å²) in [5.41, 5.74) is 7.35. The van der Waals surface area contributed by atoms with Crippen LogP contribution in [-0.4, -0.2) is 24.5 Å². The summed E-state index contributed by atoms with van der Waals surface area (Å²) in [5.74, 6) is 0.670. The molecule has 0 saturated heterocycles. The summed E-state index contributed by atoms with van der Waals surface area (Å²) in [6, 6.07) is 8.77. The van der Waals surface area contributed by atoms with Crippen molar-refractivity contribution in [1.29, 1.82) is 0 Å². The van der Waals surface area contributed by atoms with Crippen molar-refractivity contribution in [3.63, 3.8) is 0 Å². The second-order valence-electron chi connectivity index (χ2n) is 6.06. The van der Waals surface area contributed by atoms with Crippen LogP contribution in [0, 0.1) is 0 Å². The fourth-order valence-corrected chi connectivity index (χ4v) is 2.67. The third-order valence-corrected chi connectivity index (χ3v) is 4.06. The molecule has 3 rings (SSSR count). The molecule has 2 atom stereocenters. The number of amides is 2. The predicted octanol–water partition coefficient (Wildman–Crippen LogP) is 1.73. The van der Waals surface area contributed by atoms with Crippen LogP contribution in [0.3, 0.4) is 0 Å². The summed E-state index contributed by atoms with van der Waals surface area (Å²) < 4.78 is 10.8. The van der Waals surface area contributed by atoms with Crippen LogP contribution >= 0.6 is 0 Å². The summed E-state index contributed by atoms with van der Waals surface area (Å²) in [7, 11) is 0. The molecule has 0 spiro atoms. The third kappa shape index (κ3) is 3.66. The van der Waals surface area contributed by atoms with Gasteiger partial charge in [0.1, 0.15) is 18.1 Å². The molecule has 0 radical (unpaired) electrons. The Morgan fingerprint density at radius 1 is 1.40 bits per heavy atom. The topological polar surface area (TPSA) is 97.8 Å². The van der Waals surface area contributed by atoms with Gasteiger partial charge >= 0.3 is 0 Å². The molecule has 25 heavy (non-hydrogen) atoms. The number of anilines is 1. The summed E-state index contributed by atoms with van der Waals surface area (Å²) in [5, 5.41) is 2.74. The van der Waals surface area contributed by atoms with Gasteiger partial charge in [0.25, 0.3) is 5.91 Å². The molecule has 0 fully saturated rings. The Morgan fingerprint density at radius 2 is 2.20 bits per heavy atom. The Hall–Kier alpha value is -2.80. The highest BCUT2D eigenvalue weighted by atomic mass is 16.5. The van der Waals surface area contributed by atoms with Gasteiger partial charge in [-0.2, -0.15) is 0 Å². The molecule has 2 amide bonds. The highest BCUT2D eigenvalue weighted by molar-refractivity contribution is 6.03. The number of hydrogen-bond acceptors (Lipinski definition) is 5. The molecule has 1 aliphatic heterocycles. The Labute approximate surface area is 145 Å². The molecule has 7 heteroatoms. The third-order valence-electron chi connectivity index (χ3n) is 4.06. The van der Waals surface area contributed by atoms with E-state index in [1.165, 1.54) is 4.90 Å². The van der Waals surface area contributed by atoms with Crippen LogP contribution < -0.4 is 20.7 Å². The maximum absolute atomic E-state index is 12.5. The average molecular weight is 343 g/mol. The molecule has 3 N–H and O–H groups in total. The Kier molecular flexibility index (Phi) is 4.76. The number of nitrogens with zero attached hydrogens (tertiary/aromatic N) is 1. The first-order valence-corrected chi connectivity index (χ1v) is 8.12. The monoisotopic (exact) mass is 343 g/mol. The van der Waals surface area contributed by atoms with E-state index in [-0.39, 0.29) is 30.9 Å². The first kappa shape index (κ1) is 17.0. The molecule has 1 aromatic heterocycles. The Morgan fingerprint density at radius 3 is 2.88 bits per heavy atom. The quantitative estimate of drug-likeness (QED) is 0.861. The second-order valence-corrected chi connectivity index (χ2v) is 6.06. The number of fused-ring (bicyclic) bond motifs is 1. The van der Waals surface area contributed by atoms with Gasteiger partial charge in [-0.05, 0) is 43.7 Å². The first-order chi connectivity index (χ1) is 12.0. The number of ether oxygens (including phenoxy) is 1. The van der Waals surface area contributed by atoms with Crippen molar-refractivity contribution in [2.45, 2.75) is 32.5 Å². The maximum Gasteiger partial charge on any atom is 0.268 e. The lowest BCUT2D eigenvalue weighted by atomic mass is 10.1. The van der Waals surface area contributed by atoms with E-state index < -0.39 is 6.10 Å². The average Bonchev–Trinajstić information content (AvgIpc) is 3.10. The molecule has 7 nitrogen and oxygen atoms in total. The Bertz CT molecular complexity index is 771. The van der Waals surface area contributed by atoms with Gasteiger partial charge in [0.15, 0.2) is 6.10 Å². The highest BCUT2D eigenvalue weighted by Gasteiger charge is 2.33. The highest BCUT2D eigenvalue weighted by Crippen LogP contribution is 2.35. The minimum Gasteiger partial charge on any atom is -0.479 e. The molecule has 0 aliphatic carbocycles. The van der Waals surface area contributed by atoms with Crippen molar-refractivity contribution < 1.29 is 18.7 Å². The van der Waals surface area contributed by atoms with Crippen molar-refractivity contribution in [3.05, 3.63) is 47.9 Å². The number of furan rings is 1. The van der Waals surface area contributed by atoms with Crippen molar-refractivity contribution >= 4 is 17.5 Å². The van der Waals surface area contributed by atoms with Crippen LogP contribution in [0.2, 0.25) is 0 Å². The van der Waals surface area contributed by atoms with E-state index in [1.54, 1.807) is 37.5 Å². The van der Waals surface area contributed by atoms with Crippen molar-refractivity contribution in [2.24, 2.45) is 5.73 Å². The molecular weight excluding hydrogens is 322 g/mol. The number of benzene rings is 1. The lowest BCUT2D eigenvalue weighted by molar-refractivity contribution is -0.128. The fraction of sp³-hybridized carbons (Fsp3) is 0.333. The van der Waals surface area contributed by atoms with Gasteiger partial charge in [-0.15, -0.1) is 0 Å². The minimum atomic E-state index is -0.647. The van der Waals surface area contributed by atoms with Crippen molar-refractivity contribution in [2.75, 3.05) is 11.4 Å². The smallest absolute Gasteiger partial charge is 0.268 e. The second kappa shape index (κ2) is 6.98. The summed E-state index contributed by atoms with van der Waals surface area (Å²) in [6.45, 7) is 3.70. The SMILES string of the molecule is CC1Oc2ccc(C(C)N)cc2N(CC(=O)NCc2ccco2)C1=O. The maximum atomic E-state index is 12.5. The molecule has 0 bridgehead atoms. The zero-order valence-electron chi connectivity index (χ0n) is 14.2. The first-order valence-electron chi connectivity index (χ1n) is 8.12. The van der Waals surface area contributed by atoms with Crippen LogP contribution in [0.15, 0.2) is 41.0 Å². The standard InChI is InChI=1S/C18H21N3O4/c1-11(19)13-5-6-16-15(8-13)21(18(23)12(2)25-16)10-17(22)20-9-14-4-3-7-24-14/h3-8,11-12H,9-10,19H2,1-2H3,(H,20,22). The van der Waals surface area contributed by atoms with E-state index in [2.05, 4.69) is 5.32 Å². The van der Waals surface area contributed by atoms with Crippen LogP contribution in [0.25, 0.3) is 0 Å². The number of nitrogens with two attached hydrogens (primary N) is 1. The van der Waals surface area contributed by atoms with Gasteiger partial charge in [-0.3, -0.25) is 14.5 Å². The molecule has 2 unspecified atom stereocenters. The van der Waals surface area contributed by atoms with E-state index in [0.717, 1.165) is 5.56 Å².